The maximum atomic E-state index is 13.7. The summed E-state index contributed by atoms with van der Waals surface area (Å²) < 4.78 is 24.9. The van der Waals surface area contributed by atoms with Crippen molar-refractivity contribution in [2.24, 2.45) is 0 Å². The molecule has 0 atom stereocenters. The molecule has 3 aromatic rings. The minimum Gasteiger partial charge on any atom is -0.496 e. The van der Waals surface area contributed by atoms with E-state index in [4.69, 9.17) is 9.47 Å². The van der Waals surface area contributed by atoms with Gasteiger partial charge in [-0.1, -0.05) is 41.3 Å². The van der Waals surface area contributed by atoms with Crippen molar-refractivity contribution >= 4 is 34.1 Å². The van der Waals surface area contributed by atoms with Crippen LogP contribution in [-0.2, 0) is 5.75 Å². The summed E-state index contributed by atoms with van der Waals surface area (Å²) in [5.74, 6) is 0.946. The van der Waals surface area contributed by atoms with Gasteiger partial charge in [0, 0.05) is 16.9 Å². The van der Waals surface area contributed by atoms with Crippen LogP contribution in [0.2, 0.25) is 0 Å². The van der Waals surface area contributed by atoms with Crippen LogP contribution in [0, 0.1) is 12.7 Å². The molecule has 0 bridgehead atoms. The summed E-state index contributed by atoms with van der Waals surface area (Å²) in [6, 6.07) is 9.87. The van der Waals surface area contributed by atoms with Crippen LogP contribution < -0.4 is 14.8 Å². The number of rotatable bonds is 7. The zero-order valence-electron chi connectivity index (χ0n) is 15.5. The van der Waals surface area contributed by atoms with E-state index in [-0.39, 0.29) is 11.7 Å². The first-order chi connectivity index (χ1) is 13.5. The van der Waals surface area contributed by atoms with E-state index >= 15 is 0 Å². The van der Waals surface area contributed by atoms with Crippen LogP contribution in [0.1, 0.15) is 21.5 Å². The van der Waals surface area contributed by atoms with Crippen LogP contribution >= 0.6 is 23.1 Å². The molecule has 9 heteroatoms. The fourth-order valence-corrected chi connectivity index (χ4v) is 4.19. The van der Waals surface area contributed by atoms with E-state index in [9.17, 15) is 9.18 Å². The second-order valence-corrected chi connectivity index (χ2v) is 7.91. The smallest absolute Gasteiger partial charge is 0.257 e. The number of hydrogen-bond acceptors (Lipinski definition) is 7. The van der Waals surface area contributed by atoms with Gasteiger partial charge in [-0.3, -0.25) is 10.1 Å². The first-order valence-electron chi connectivity index (χ1n) is 8.25. The average Bonchev–Trinajstić information content (AvgIpc) is 3.14. The van der Waals surface area contributed by atoms with Gasteiger partial charge in [0.05, 0.1) is 14.2 Å². The van der Waals surface area contributed by atoms with Gasteiger partial charge in [-0.2, -0.15) is 0 Å². The van der Waals surface area contributed by atoms with Crippen molar-refractivity contribution in [2.45, 2.75) is 17.0 Å². The number of methoxy groups -OCH3 is 2. The number of halogens is 1. The van der Waals surface area contributed by atoms with E-state index in [0.29, 0.717) is 37.8 Å². The van der Waals surface area contributed by atoms with Gasteiger partial charge < -0.3 is 9.47 Å². The summed E-state index contributed by atoms with van der Waals surface area (Å²) in [5, 5.41) is 11.1. The molecule has 1 N–H and O–H groups in total. The maximum absolute atomic E-state index is 13.7. The lowest BCUT2D eigenvalue weighted by molar-refractivity contribution is 0.102. The highest BCUT2D eigenvalue weighted by Crippen LogP contribution is 2.31. The molecule has 6 nitrogen and oxygen atoms in total. The summed E-state index contributed by atoms with van der Waals surface area (Å²) >= 11 is 2.59. The highest BCUT2D eigenvalue weighted by molar-refractivity contribution is 8.00. The van der Waals surface area contributed by atoms with Crippen molar-refractivity contribution in [1.29, 1.82) is 0 Å². The molecule has 3 rings (SSSR count). The van der Waals surface area contributed by atoms with Crippen LogP contribution in [-0.4, -0.2) is 30.3 Å². The molecule has 0 aliphatic carbocycles. The Bertz CT molecular complexity index is 969. The fourth-order valence-electron chi connectivity index (χ4n) is 2.46. The van der Waals surface area contributed by atoms with Crippen molar-refractivity contribution in [3.05, 3.63) is 58.9 Å². The minimum atomic E-state index is -0.349. The zero-order chi connectivity index (χ0) is 20.1. The Labute approximate surface area is 170 Å². The number of aromatic nitrogens is 2. The van der Waals surface area contributed by atoms with Gasteiger partial charge in [0.25, 0.3) is 5.91 Å². The van der Waals surface area contributed by atoms with E-state index in [0.717, 1.165) is 5.56 Å². The van der Waals surface area contributed by atoms with Gasteiger partial charge >= 0.3 is 0 Å². The van der Waals surface area contributed by atoms with Gasteiger partial charge in [-0.25, -0.2) is 4.39 Å². The summed E-state index contributed by atoms with van der Waals surface area (Å²) in [6.45, 7) is 1.85. The number of ether oxygens (including phenoxy) is 2. The lowest BCUT2D eigenvalue weighted by Crippen LogP contribution is -2.12. The molecular weight excluding hydrogens is 401 g/mol. The number of thioether (sulfide) groups is 1. The Morgan fingerprint density at radius 1 is 1.18 bits per heavy atom. The van der Waals surface area contributed by atoms with Crippen molar-refractivity contribution in [3.63, 3.8) is 0 Å². The Morgan fingerprint density at radius 3 is 2.50 bits per heavy atom. The van der Waals surface area contributed by atoms with Crippen LogP contribution in [0.3, 0.4) is 0 Å². The van der Waals surface area contributed by atoms with E-state index in [1.54, 1.807) is 30.3 Å². The largest absolute Gasteiger partial charge is 0.496 e. The number of benzene rings is 2. The molecule has 0 aliphatic rings. The second-order valence-electron chi connectivity index (χ2n) is 5.71. The predicted octanol–water partition coefficient (Wildman–Crippen LogP) is 4.55. The molecule has 0 spiro atoms. The van der Waals surface area contributed by atoms with E-state index < -0.39 is 0 Å². The summed E-state index contributed by atoms with van der Waals surface area (Å²) in [7, 11) is 3.07. The topological polar surface area (TPSA) is 73.3 Å². The van der Waals surface area contributed by atoms with Crippen LogP contribution in [0.4, 0.5) is 9.52 Å². The molecule has 0 radical (unpaired) electrons. The SMILES string of the molecule is COc1cc(C(=O)Nc2nnc(SCc3ccccc3F)s2)cc(OC)c1C. The molecule has 1 amide bonds. The lowest BCUT2D eigenvalue weighted by atomic mass is 10.1. The quantitative estimate of drug-likeness (QED) is 0.447. The summed E-state index contributed by atoms with van der Waals surface area (Å²) in [4.78, 5) is 12.6. The van der Waals surface area contributed by atoms with Crippen LogP contribution in [0.25, 0.3) is 0 Å². The third-order valence-electron chi connectivity index (χ3n) is 3.95. The maximum Gasteiger partial charge on any atom is 0.257 e. The molecule has 28 heavy (non-hydrogen) atoms. The highest BCUT2D eigenvalue weighted by atomic mass is 32.2. The van der Waals surface area contributed by atoms with Gasteiger partial charge in [-0.05, 0) is 30.7 Å². The molecule has 1 heterocycles. The van der Waals surface area contributed by atoms with Gasteiger partial charge in [0.15, 0.2) is 4.34 Å². The number of amides is 1. The number of nitrogens with one attached hydrogen (secondary N) is 1. The first kappa shape index (κ1) is 20.1. The Morgan fingerprint density at radius 2 is 1.86 bits per heavy atom. The van der Waals surface area contributed by atoms with Crippen molar-refractivity contribution in [2.75, 3.05) is 19.5 Å². The number of carbonyl (C=O) groups is 1. The van der Waals surface area contributed by atoms with Crippen molar-refractivity contribution < 1.29 is 18.7 Å². The first-order valence-corrected chi connectivity index (χ1v) is 10.1. The van der Waals surface area contributed by atoms with E-state index in [2.05, 4.69) is 15.5 Å². The molecule has 2 aromatic carbocycles. The van der Waals surface area contributed by atoms with Crippen LogP contribution in [0.15, 0.2) is 40.7 Å². The monoisotopic (exact) mass is 419 g/mol. The number of carbonyl (C=O) groups excluding carboxylic acids is 1. The van der Waals surface area contributed by atoms with Gasteiger partial charge in [-0.15, -0.1) is 10.2 Å². The molecule has 0 unspecified atom stereocenters. The third-order valence-corrected chi connectivity index (χ3v) is 5.97. The molecule has 146 valence electrons. The van der Waals surface area contributed by atoms with E-state index in [1.807, 2.05) is 6.92 Å². The average molecular weight is 420 g/mol. The minimum absolute atomic E-state index is 0.254. The molecule has 0 saturated carbocycles. The van der Waals surface area contributed by atoms with Crippen molar-refractivity contribution in [3.8, 4) is 11.5 Å². The van der Waals surface area contributed by atoms with E-state index in [1.165, 1.54) is 43.4 Å². The Balaban J connectivity index is 1.68. The Kier molecular flexibility index (Phi) is 6.48. The lowest BCUT2D eigenvalue weighted by Gasteiger charge is -2.12. The fraction of sp³-hybridized carbons (Fsp3) is 0.211. The Hall–Kier alpha value is -2.65. The molecule has 1 aromatic heterocycles. The predicted molar refractivity (Wildman–Crippen MR) is 108 cm³/mol. The molecule has 0 aliphatic heterocycles. The zero-order valence-corrected chi connectivity index (χ0v) is 17.1. The standard InChI is InChI=1S/C19H18FN3O3S2/c1-11-15(25-2)8-13(9-16(11)26-3)17(24)21-18-22-23-19(28-18)27-10-12-6-4-5-7-14(12)20/h4-9H,10H2,1-3H3,(H,21,22,24). The van der Waals surface area contributed by atoms with Gasteiger partial charge in [0.2, 0.25) is 5.13 Å². The normalized spacial score (nSPS) is 10.6. The summed E-state index contributed by atoms with van der Waals surface area (Å²) in [5.41, 5.74) is 1.78. The number of nitrogens with zero attached hydrogens (tertiary/aromatic N) is 2. The molecular formula is C19H18FN3O3S2. The van der Waals surface area contributed by atoms with Gasteiger partial charge in [0.1, 0.15) is 17.3 Å². The van der Waals surface area contributed by atoms with Crippen molar-refractivity contribution in [1.82, 2.24) is 10.2 Å². The third kappa shape index (κ3) is 4.60. The van der Waals surface area contributed by atoms with Crippen LogP contribution in [0.5, 0.6) is 11.5 Å². The number of anilines is 1. The molecule has 0 fully saturated rings. The summed E-state index contributed by atoms with van der Waals surface area (Å²) in [6.07, 6.45) is 0. The second kappa shape index (κ2) is 9.03. The number of hydrogen-bond donors (Lipinski definition) is 1. The highest BCUT2D eigenvalue weighted by Gasteiger charge is 2.16. The molecule has 0 saturated heterocycles.